The lowest BCUT2D eigenvalue weighted by molar-refractivity contribution is -0.140. The second-order valence-corrected chi connectivity index (χ2v) is 4.00. The highest BCUT2D eigenvalue weighted by Crippen LogP contribution is 2.17. The average molecular weight is 251 g/mol. The Hall–Kier alpha value is -1.55. The number of carbonyl (C=O) groups is 1. The molecule has 1 N–H and O–H groups in total. The van der Waals surface area contributed by atoms with Crippen LogP contribution >= 0.6 is 0 Å². The Morgan fingerprint density at radius 3 is 2.56 bits per heavy atom. The van der Waals surface area contributed by atoms with Crippen LogP contribution in [0.5, 0.6) is 5.75 Å². The van der Waals surface area contributed by atoms with E-state index in [4.69, 9.17) is 4.74 Å². The van der Waals surface area contributed by atoms with E-state index < -0.39 is 0 Å². The van der Waals surface area contributed by atoms with Crippen LogP contribution in [0.3, 0.4) is 0 Å². The topological polar surface area (TPSA) is 47.6 Å². The lowest BCUT2D eigenvalue weighted by Crippen LogP contribution is -2.22. The van der Waals surface area contributed by atoms with E-state index in [2.05, 4.69) is 17.0 Å². The number of ether oxygens (including phenoxy) is 2. The highest BCUT2D eigenvalue weighted by Gasteiger charge is 2.06. The summed E-state index contributed by atoms with van der Waals surface area (Å²) in [7, 11) is 1.40. The molecule has 0 radical (unpaired) electrons. The van der Waals surface area contributed by atoms with Crippen molar-refractivity contribution in [2.24, 2.45) is 0 Å². The summed E-state index contributed by atoms with van der Waals surface area (Å²) in [6, 6.07) is 8.17. The van der Waals surface area contributed by atoms with E-state index in [-0.39, 0.29) is 12.0 Å². The van der Waals surface area contributed by atoms with Crippen molar-refractivity contribution in [3.05, 3.63) is 29.8 Å². The van der Waals surface area contributed by atoms with E-state index in [1.165, 1.54) is 12.7 Å². The Balaban J connectivity index is 2.41. The fraction of sp³-hybridized carbons (Fsp3) is 0.500. The van der Waals surface area contributed by atoms with Crippen molar-refractivity contribution in [3.8, 4) is 5.75 Å². The molecule has 0 bridgehead atoms. The SMILES string of the molecule is CCOc1ccc(C(C)NCCC(=O)OC)cc1. The summed E-state index contributed by atoms with van der Waals surface area (Å²) in [5.41, 5.74) is 1.17. The highest BCUT2D eigenvalue weighted by molar-refractivity contribution is 5.69. The van der Waals surface area contributed by atoms with Gasteiger partial charge in [-0.25, -0.2) is 0 Å². The number of benzene rings is 1. The number of carbonyl (C=O) groups excluding carboxylic acids is 1. The van der Waals surface area contributed by atoms with Crippen LogP contribution in [0.1, 0.15) is 31.9 Å². The van der Waals surface area contributed by atoms with Gasteiger partial charge in [0.1, 0.15) is 5.75 Å². The van der Waals surface area contributed by atoms with Gasteiger partial charge in [0.2, 0.25) is 0 Å². The normalized spacial score (nSPS) is 11.9. The molecule has 4 heteroatoms. The largest absolute Gasteiger partial charge is 0.494 e. The van der Waals surface area contributed by atoms with Crippen LogP contribution < -0.4 is 10.1 Å². The summed E-state index contributed by atoms with van der Waals surface area (Å²) in [4.78, 5) is 11.0. The molecule has 0 aromatic heterocycles. The Labute approximate surface area is 108 Å². The lowest BCUT2D eigenvalue weighted by atomic mass is 10.1. The van der Waals surface area contributed by atoms with E-state index in [0.717, 1.165) is 5.75 Å². The quantitative estimate of drug-likeness (QED) is 0.755. The first-order valence-corrected chi connectivity index (χ1v) is 6.20. The zero-order valence-corrected chi connectivity index (χ0v) is 11.2. The molecule has 1 rings (SSSR count). The molecule has 0 aliphatic heterocycles. The maximum atomic E-state index is 11.0. The van der Waals surface area contributed by atoms with Gasteiger partial charge in [-0.05, 0) is 31.5 Å². The molecule has 1 aromatic rings. The van der Waals surface area contributed by atoms with Crippen LogP contribution in [0.4, 0.5) is 0 Å². The number of hydrogen-bond donors (Lipinski definition) is 1. The summed E-state index contributed by atoms with van der Waals surface area (Å²) in [5, 5.41) is 3.27. The maximum absolute atomic E-state index is 11.0. The molecule has 0 spiro atoms. The molecule has 100 valence electrons. The molecule has 0 saturated heterocycles. The second kappa shape index (κ2) is 7.71. The molecular formula is C14H21NO3. The Kier molecular flexibility index (Phi) is 6.22. The summed E-state index contributed by atoms with van der Waals surface area (Å²) in [6.07, 6.45) is 0.387. The van der Waals surface area contributed by atoms with E-state index >= 15 is 0 Å². The molecule has 1 aromatic carbocycles. The molecule has 18 heavy (non-hydrogen) atoms. The Morgan fingerprint density at radius 1 is 1.33 bits per heavy atom. The molecule has 0 heterocycles. The molecule has 0 saturated carbocycles. The number of hydrogen-bond acceptors (Lipinski definition) is 4. The second-order valence-electron chi connectivity index (χ2n) is 4.00. The fourth-order valence-electron chi connectivity index (χ4n) is 1.63. The summed E-state index contributed by atoms with van der Waals surface area (Å²) in [5.74, 6) is 0.685. The summed E-state index contributed by atoms with van der Waals surface area (Å²) < 4.78 is 9.97. The monoisotopic (exact) mass is 251 g/mol. The first-order valence-electron chi connectivity index (χ1n) is 6.20. The molecule has 0 aliphatic rings. The Bertz CT molecular complexity index is 362. The molecule has 1 unspecified atom stereocenters. The van der Waals surface area contributed by atoms with Crippen molar-refractivity contribution in [1.29, 1.82) is 0 Å². The van der Waals surface area contributed by atoms with Gasteiger partial charge in [0, 0.05) is 12.6 Å². The number of nitrogens with one attached hydrogen (secondary N) is 1. The molecule has 0 fully saturated rings. The van der Waals surface area contributed by atoms with Crippen LogP contribution in [-0.2, 0) is 9.53 Å². The van der Waals surface area contributed by atoms with Crippen molar-refractivity contribution in [2.75, 3.05) is 20.3 Å². The number of esters is 1. The smallest absolute Gasteiger partial charge is 0.306 e. The van der Waals surface area contributed by atoms with Gasteiger partial charge in [-0.3, -0.25) is 4.79 Å². The van der Waals surface area contributed by atoms with Crippen LogP contribution in [0.25, 0.3) is 0 Å². The van der Waals surface area contributed by atoms with Crippen molar-refractivity contribution in [2.45, 2.75) is 26.3 Å². The van der Waals surface area contributed by atoms with Gasteiger partial charge < -0.3 is 14.8 Å². The zero-order valence-electron chi connectivity index (χ0n) is 11.2. The van der Waals surface area contributed by atoms with Gasteiger partial charge in [-0.15, -0.1) is 0 Å². The van der Waals surface area contributed by atoms with Gasteiger partial charge in [-0.1, -0.05) is 12.1 Å². The third-order valence-corrected chi connectivity index (χ3v) is 2.70. The van der Waals surface area contributed by atoms with Crippen LogP contribution in [0.2, 0.25) is 0 Å². The Morgan fingerprint density at radius 2 is 2.00 bits per heavy atom. The van der Waals surface area contributed by atoms with Crippen molar-refractivity contribution >= 4 is 5.97 Å². The van der Waals surface area contributed by atoms with Crippen molar-refractivity contribution < 1.29 is 14.3 Å². The molecular weight excluding hydrogens is 230 g/mol. The first kappa shape index (κ1) is 14.5. The van der Waals surface area contributed by atoms with Crippen LogP contribution in [0, 0.1) is 0 Å². The molecule has 4 nitrogen and oxygen atoms in total. The third-order valence-electron chi connectivity index (χ3n) is 2.70. The maximum Gasteiger partial charge on any atom is 0.306 e. The third kappa shape index (κ3) is 4.75. The summed E-state index contributed by atoms with van der Waals surface area (Å²) >= 11 is 0. The predicted molar refractivity (Wildman–Crippen MR) is 70.7 cm³/mol. The van der Waals surface area contributed by atoms with E-state index in [1.54, 1.807) is 0 Å². The van der Waals surface area contributed by atoms with Crippen molar-refractivity contribution in [1.82, 2.24) is 5.32 Å². The minimum atomic E-state index is -0.193. The van der Waals surface area contributed by atoms with Gasteiger partial charge in [0.15, 0.2) is 0 Å². The zero-order chi connectivity index (χ0) is 13.4. The average Bonchev–Trinajstić information content (AvgIpc) is 2.39. The first-order chi connectivity index (χ1) is 8.67. The van der Waals surface area contributed by atoms with Crippen LogP contribution in [-0.4, -0.2) is 26.2 Å². The summed E-state index contributed by atoms with van der Waals surface area (Å²) in [6.45, 7) is 5.31. The molecule has 1 atom stereocenters. The van der Waals surface area contributed by atoms with Crippen molar-refractivity contribution in [3.63, 3.8) is 0 Å². The minimum Gasteiger partial charge on any atom is -0.494 e. The molecule has 0 amide bonds. The fourth-order valence-corrected chi connectivity index (χ4v) is 1.63. The number of methoxy groups -OCH3 is 1. The minimum absolute atomic E-state index is 0.193. The van der Waals surface area contributed by atoms with E-state index in [1.807, 2.05) is 31.2 Å². The van der Waals surface area contributed by atoms with Crippen LogP contribution in [0.15, 0.2) is 24.3 Å². The van der Waals surface area contributed by atoms with Gasteiger partial charge in [-0.2, -0.15) is 0 Å². The predicted octanol–water partition coefficient (Wildman–Crippen LogP) is 2.30. The van der Waals surface area contributed by atoms with Gasteiger partial charge in [0.25, 0.3) is 0 Å². The van der Waals surface area contributed by atoms with Gasteiger partial charge >= 0.3 is 5.97 Å². The van der Waals surface area contributed by atoms with E-state index in [0.29, 0.717) is 19.6 Å². The number of rotatable bonds is 7. The van der Waals surface area contributed by atoms with E-state index in [9.17, 15) is 4.79 Å². The standard InChI is InChI=1S/C14H21NO3/c1-4-18-13-7-5-12(6-8-13)11(2)15-10-9-14(16)17-3/h5-8,11,15H,4,9-10H2,1-3H3. The molecule has 0 aliphatic carbocycles. The van der Waals surface area contributed by atoms with Gasteiger partial charge in [0.05, 0.1) is 20.1 Å². The highest BCUT2D eigenvalue weighted by atomic mass is 16.5. The lowest BCUT2D eigenvalue weighted by Gasteiger charge is -2.14.